The third-order valence-electron chi connectivity index (χ3n) is 5.72. The molecule has 0 aromatic heterocycles. The predicted octanol–water partition coefficient (Wildman–Crippen LogP) is 4.09. The van der Waals surface area contributed by atoms with E-state index in [4.69, 9.17) is 4.74 Å². The van der Waals surface area contributed by atoms with Gasteiger partial charge in [-0.3, -0.25) is 9.52 Å². The van der Waals surface area contributed by atoms with Crippen molar-refractivity contribution in [2.45, 2.75) is 44.4 Å². The summed E-state index contributed by atoms with van der Waals surface area (Å²) in [5.74, 6) is -1.51. The first-order valence-electron chi connectivity index (χ1n) is 11.0. The number of carboxylic acid groups (broad SMARTS) is 1. The van der Waals surface area contributed by atoms with E-state index in [1.807, 2.05) is 18.7 Å². The molecule has 33 heavy (non-hydrogen) atoms. The van der Waals surface area contributed by atoms with Crippen molar-refractivity contribution in [2.75, 3.05) is 29.3 Å². The summed E-state index contributed by atoms with van der Waals surface area (Å²) in [4.78, 5) is 26.1. The molecule has 1 aliphatic heterocycles. The van der Waals surface area contributed by atoms with E-state index >= 15 is 0 Å². The number of carboxylic acids is 1. The largest absolute Gasteiger partial charge is 0.478 e. The van der Waals surface area contributed by atoms with Crippen molar-refractivity contribution in [2.24, 2.45) is 5.92 Å². The molecule has 178 valence electrons. The van der Waals surface area contributed by atoms with Gasteiger partial charge in [0.15, 0.2) is 0 Å². The van der Waals surface area contributed by atoms with E-state index in [-0.39, 0.29) is 34.0 Å². The van der Waals surface area contributed by atoms with Crippen molar-refractivity contribution in [3.8, 4) is 0 Å². The summed E-state index contributed by atoms with van der Waals surface area (Å²) in [6, 6.07) is 11.0. The lowest BCUT2D eigenvalue weighted by molar-refractivity contribution is -0.148. The number of anilines is 2. The molecule has 0 aliphatic carbocycles. The Balaban J connectivity index is 1.84. The van der Waals surface area contributed by atoms with E-state index in [0.29, 0.717) is 31.8 Å². The van der Waals surface area contributed by atoms with E-state index < -0.39 is 16.0 Å². The quantitative estimate of drug-likeness (QED) is 0.554. The molecule has 3 rings (SSSR count). The van der Waals surface area contributed by atoms with Crippen LogP contribution >= 0.6 is 0 Å². The van der Waals surface area contributed by atoms with Crippen LogP contribution in [0.2, 0.25) is 0 Å². The van der Waals surface area contributed by atoms with Gasteiger partial charge in [0, 0.05) is 18.8 Å². The molecule has 0 amide bonds. The van der Waals surface area contributed by atoms with Crippen LogP contribution in [0, 0.1) is 5.92 Å². The van der Waals surface area contributed by atoms with Gasteiger partial charge < -0.3 is 14.7 Å². The number of hydrogen-bond acceptors (Lipinski definition) is 6. The molecule has 1 heterocycles. The second-order valence-electron chi connectivity index (χ2n) is 8.40. The number of hydrogen-bond donors (Lipinski definition) is 2. The molecule has 2 N–H and O–H groups in total. The van der Waals surface area contributed by atoms with E-state index in [0.717, 1.165) is 12.0 Å². The fourth-order valence-corrected chi connectivity index (χ4v) is 4.99. The second-order valence-corrected chi connectivity index (χ2v) is 10.1. The molecule has 0 spiro atoms. The number of sulfonamides is 1. The summed E-state index contributed by atoms with van der Waals surface area (Å²) in [6.45, 7) is 7.04. The molecular formula is C24H30N2O6S. The number of carbonyl (C=O) groups is 2. The Bertz CT molecular complexity index is 1110. The molecule has 0 saturated carbocycles. The Morgan fingerprint density at radius 3 is 2.48 bits per heavy atom. The number of aromatic carboxylic acids is 1. The van der Waals surface area contributed by atoms with Gasteiger partial charge in [-0.05, 0) is 61.6 Å². The maximum absolute atomic E-state index is 12.8. The topological polar surface area (TPSA) is 113 Å². The summed E-state index contributed by atoms with van der Waals surface area (Å²) in [7, 11) is -3.88. The minimum absolute atomic E-state index is 0.0325. The third kappa shape index (κ3) is 5.84. The second kappa shape index (κ2) is 10.2. The van der Waals surface area contributed by atoms with Crippen LogP contribution in [0.4, 0.5) is 11.4 Å². The first-order chi connectivity index (χ1) is 15.6. The molecule has 0 bridgehead atoms. The minimum atomic E-state index is -3.88. The Hall–Kier alpha value is -3.07. The molecule has 1 fully saturated rings. The lowest BCUT2D eigenvalue weighted by Gasteiger charge is -2.34. The van der Waals surface area contributed by atoms with Crippen molar-refractivity contribution < 1.29 is 27.9 Å². The number of ether oxygens (including phenoxy) is 1. The third-order valence-corrected chi connectivity index (χ3v) is 7.12. The zero-order valence-electron chi connectivity index (χ0n) is 19.1. The van der Waals surface area contributed by atoms with Crippen molar-refractivity contribution in [1.29, 1.82) is 0 Å². The number of nitrogens with zero attached hydrogens (tertiary/aromatic N) is 1. The molecule has 1 aliphatic rings. The van der Waals surface area contributed by atoms with E-state index in [1.54, 1.807) is 25.1 Å². The summed E-state index contributed by atoms with van der Waals surface area (Å²) in [6.07, 6.45) is 1.41. The van der Waals surface area contributed by atoms with Crippen LogP contribution in [0.3, 0.4) is 0 Å². The first-order valence-corrected chi connectivity index (χ1v) is 12.5. The average molecular weight is 475 g/mol. The molecule has 1 unspecified atom stereocenters. The normalized spacial score (nSPS) is 16.5. The summed E-state index contributed by atoms with van der Waals surface area (Å²) in [5, 5.41) is 9.78. The number of esters is 1. The molecule has 2 aromatic carbocycles. The van der Waals surface area contributed by atoms with Crippen LogP contribution in [-0.4, -0.2) is 45.2 Å². The van der Waals surface area contributed by atoms with Crippen LogP contribution in [-0.2, 0) is 19.6 Å². The molecular weight excluding hydrogens is 444 g/mol. The zero-order valence-corrected chi connectivity index (χ0v) is 19.9. The fraction of sp³-hybridized carbons (Fsp3) is 0.417. The zero-order chi connectivity index (χ0) is 24.2. The number of nitrogens with one attached hydrogen (secondary N) is 1. The molecule has 0 radical (unpaired) electrons. The maximum Gasteiger partial charge on any atom is 0.337 e. The predicted molar refractivity (Wildman–Crippen MR) is 126 cm³/mol. The van der Waals surface area contributed by atoms with E-state index in [1.165, 1.54) is 24.3 Å². The number of carbonyl (C=O) groups excluding carboxylic acids is 1. The Morgan fingerprint density at radius 2 is 1.88 bits per heavy atom. The highest BCUT2D eigenvalue weighted by molar-refractivity contribution is 7.92. The Labute approximate surface area is 194 Å². The summed E-state index contributed by atoms with van der Waals surface area (Å²) >= 11 is 0. The highest BCUT2D eigenvalue weighted by Gasteiger charge is 2.29. The standard InChI is InChI=1S/C24H30N2O6S/c1-4-32-24(29)18-6-5-13-26(15-18)22-12-9-19(14-21(22)23(27)28)25-33(30,31)20-10-7-17(8-11-20)16(2)3/h7-12,14,16,18,25H,4-6,13,15H2,1-3H3,(H,27,28). The van der Waals surface area contributed by atoms with Crippen LogP contribution in [0.1, 0.15) is 55.5 Å². The summed E-state index contributed by atoms with van der Waals surface area (Å²) in [5.41, 5.74) is 1.59. The SMILES string of the molecule is CCOC(=O)C1CCCN(c2ccc(NS(=O)(=O)c3ccc(C(C)C)cc3)cc2C(=O)O)C1. The van der Waals surface area contributed by atoms with Gasteiger partial charge in [0.25, 0.3) is 10.0 Å². The number of benzene rings is 2. The van der Waals surface area contributed by atoms with Crippen molar-refractivity contribution >= 4 is 33.3 Å². The van der Waals surface area contributed by atoms with Crippen molar-refractivity contribution in [3.05, 3.63) is 53.6 Å². The lowest BCUT2D eigenvalue weighted by Crippen LogP contribution is -2.40. The van der Waals surface area contributed by atoms with E-state index in [2.05, 4.69) is 4.72 Å². The fourth-order valence-electron chi connectivity index (χ4n) is 3.94. The van der Waals surface area contributed by atoms with Crippen LogP contribution < -0.4 is 9.62 Å². The molecule has 2 aromatic rings. The van der Waals surface area contributed by atoms with Gasteiger partial charge in [0.05, 0.1) is 28.7 Å². The number of rotatable bonds is 8. The molecule has 9 heteroatoms. The molecule has 1 atom stereocenters. The summed E-state index contributed by atoms with van der Waals surface area (Å²) < 4.78 is 33.2. The smallest absolute Gasteiger partial charge is 0.337 e. The van der Waals surface area contributed by atoms with Crippen molar-refractivity contribution in [3.63, 3.8) is 0 Å². The van der Waals surface area contributed by atoms with Gasteiger partial charge in [0.2, 0.25) is 0 Å². The first kappa shape index (κ1) is 24.6. The van der Waals surface area contributed by atoms with Crippen LogP contribution in [0.5, 0.6) is 0 Å². The highest BCUT2D eigenvalue weighted by Crippen LogP contribution is 2.30. The van der Waals surface area contributed by atoms with E-state index in [9.17, 15) is 23.1 Å². The van der Waals surface area contributed by atoms with Gasteiger partial charge >= 0.3 is 11.9 Å². The molecule has 1 saturated heterocycles. The van der Waals surface area contributed by atoms with Gasteiger partial charge in [-0.25, -0.2) is 13.2 Å². The Morgan fingerprint density at radius 1 is 1.18 bits per heavy atom. The highest BCUT2D eigenvalue weighted by atomic mass is 32.2. The van der Waals surface area contributed by atoms with Gasteiger partial charge in [-0.1, -0.05) is 26.0 Å². The van der Waals surface area contributed by atoms with Crippen LogP contribution in [0.25, 0.3) is 0 Å². The Kier molecular flexibility index (Phi) is 7.63. The average Bonchev–Trinajstić information content (AvgIpc) is 2.79. The maximum atomic E-state index is 12.8. The lowest BCUT2D eigenvalue weighted by atomic mass is 9.97. The van der Waals surface area contributed by atoms with Crippen LogP contribution in [0.15, 0.2) is 47.4 Å². The molecule has 8 nitrogen and oxygen atoms in total. The van der Waals surface area contributed by atoms with Gasteiger partial charge in [-0.2, -0.15) is 0 Å². The van der Waals surface area contributed by atoms with Gasteiger partial charge in [-0.15, -0.1) is 0 Å². The van der Waals surface area contributed by atoms with Gasteiger partial charge in [0.1, 0.15) is 0 Å². The monoisotopic (exact) mass is 474 g/mol. The van der Waals surface area contributed by atoms with Crippen molar-refractivity contribution in [1.82, 2.24) is 0 Å². The minimum Gasteiger partial charge on any atom is -0.478 e. The number of piperidine rings is 1.